The third-order valence-electron chi connectivity index (χ3n) is 7.71. The number of carboxylic acid groups (broad SMARTS) is 1. The molecule has 1 aliphatic rings. The Kier molecular flexibility index (Phi) is 8.96. The zero-order valence-corrected chi connectivity index (χ0v) is 24.2. The number of rotatable bonds is 8. The number of hydrogen-bond donors (Lipinski definition) is 1. The quantitative estimate of drug-likeness (QED) is 0.172. The standard InChI is InChI=1S/C29H28ClF5N4O4/c1-15-8-16(2)37-25(30)23(15)22(40)14-38(13-17-9-18(31)11-19(32)10-17)26(41)21-12-36-39(24(21)29(33,34)35)20-4-6-28(3,7-5-20)27(42)43/h8-12,20H,4-7,13-14H2,1-3H3,(H,42,43). The summed E-state index contributed by atoms with van der Waals surface area (Å²) in [6.07, 6.45) is -3.97. The summed E-state index contributed by atoms with van der Waals surface area (Å²) >= 11 is 6.19. The lowest BCUT2D eigenvalue weighted by Gasteiger charge is -2.34. The van der Waals surface area contributed by atoms with E-state index in [1.54, 1.807) is 19.9 Å². The van der Waals surface area contributed by atoms with Gasteiger partial charge < -0.3 is 10.0 Å². The summed E-state index contributed by atoms with van der Waals surface area (Å²) in [5.41, 5.74) is -2.56. The van der Waals surface area contributed by atoms with Crippen molar-refractivity contribution in [3.8, 4) is 0 Å². The smallest absolute Gasteiger partial charge is 0.433 e. The molecule has 1 amide bonds. The topological polar surface area (TPSA) is 105 Å². The van der Waals surface area contributed by atoms with E-state index in [9.17, 15) is 41.4 Å². The SMILES string of the molecule is Cc1cc(C)c(C(=O)CN(Cc2cc(F)cc(F)c2)C(=O)c2cnn(C3CCC(C)(C(=O)O)CC3)c2C(F)(F)F)c(Cl)n1. The molecule has 230 valence electrons. The first-order valence-corrected chi connectivity index (χ1v) is 13.7. The maximum Gasteiger partial charge on any atom is 0.433 e. The highest BCUT2D eigenvalue weighted by Gasteiger charge is 2.45. The summed E-state index contributed by atoms with van der Waals surface area (Å²) in [6, 6.07) is 3.12. The zero-order valence-electron chi connectivity index (χ0n) is 23.4. The molecule has 1 N–H and O–H groups in total. The van der Waals surface area contributed by atoms with Crippen LogP contribution in [0.2, 0.25) is 5.15 Å². The van der Waals surface area contributed by atoms with Crippen LogP contribution in [0, 0.1) is 30.9 Å². The molecule has 8 nitrogen and oxygen atoms in total. The molecule has 0 radical (unpaired) electrons. The van der Waals surface area contributed by atoms with E-state index in [0.717, 1.165) is 23.2 Å². The van der Waals surface area contributed by atoms with Crippen LogP contribution in [-0.2, 0) is 17.5 Å². The van der Waals surface area contributed by atoms with Crippen molar-refractivity contribution in [3.05, 3.63) is 80.9 Å². The average molecular weight is 627 g/mol. The molecule has 0 bridgehead atoms. The molecular formula is C29H28ClF5N4O4. The Morgan fingerprint density at radius 1 is 1.09 bits per heavy atom. The van der Waals surface area contributed by atoms with Gasteiger partial charge in [0.25, 0.3) is 5.91 Å². The van der Waals surface area contributed by atoms with Crippen molar-refractivity contribution < 1.29 is 41.4 Å². The monoisotopic (exact) mass is 626 g/mol. The van der Waals surface area contributed by atoms with Crippen LogP contribution in [-0.4, -0.2) is 49.0 Å². The molecule has 0 saturated heterocycles. The number of aliphatic carboxylic acids is 1. The van der Waals surface area contributed by atoms with Gasteiger partial charge in [-0.2, -0.15) is 18.3 Å². The van der Waals surface area contributed by atoms with Crippen molar-refractivity contribution in [2.45, 2.75) is 65.2 Å². The van der Waals surface area contributed by atoms with Crippen LogP contribution in [0.1, 0.15) is 81.9 Å². The number of amides is 1. The number of Topliss-reactive ketones (excluding diaryl/α,β-unsaturated/α-hetero) is 1. The van der Waals surface area contributed by atoms with Gasteiger partial charge in [-0.05, 0) is 75.8 Å². The Morgan fingerprint density at radius 3 is 2.23 bits per heavy atom. The molecule has 0 unspecified atom stereocenters. The number of carboxylic acids is 1. The summed E-state index contributed by atoms with van der Waals surface area (Å²) in [4.78, 5) is 43.5. The Hall–Kier alpha value is -3.87. The number of aryl methyl sites for hydroxylation is 2. The number of hydrogen-bond acceptors (Lipinski definition) is 5. The van der Waals surface area contributed by atoms with Crippen molar-refractivity contribution >= 4 is 29.3 Å². The fourth-order valence-electron chi connectivity index (χ4n) is 5.45. The predicted molar refractivity (Wildman–Crippen MR) is 145 cm³/mol. The fraction of sp³-hybridized carbons (Fsp3) is 0.414. The molecule has 4 rings (SSSR count). The summed E-state index contributed by atoms with van der Waals surface area (Å²) in [5, 5.41) is 13.2. The largest absolute Gasteiger partial charge is 0.481 e. The Bertz CT molecular complexity index is 1540. The Labute approximate surface area is 248 Å². The van der Waals surface area contributed by atoms with Gasteiger partial charge in [-0.1, -0.05) is 11.6 Å². The highest BCUT2D eigenvalue weighted by atomic mass is 35.5. The molecule has 0 atom stereocenters. The van der Waals surface area contributed by atoms with Crippen LogP contribution in [0.3, 0.4) is 0 Å². The van der Waals surface area contributed by atoms with E-state index in [1.165, 1.54) is 6.92 Å². The molecule has 1 fully saturated rings. The van der Waals surface area contributed by atoms with Gasteiger partial charge in [0.05, 0.1) is 35.3 Å². The van der Waals surface area contributed by atoms with E-state index < -0.39 is 71.3 Å². The van der Waals surface area contributed by atoms with Gasteiger partial charge in [0.1, 0.15) is 16.8 Å². The number of pyridine rings is 1. The third kappa shape index (κ3) is 6.87. The van der Waals surface area contributed by atoms with E-state index in [1.807, 2.05) is 0 Å². The Balaban J connectivity index is 1.74. The number of benzene rings is 1. The van der Waals surface area contributed by atoms with Crippen LogP contribution >= 0.6 is 11.6 Å². The predicted octanol–water partition coefficient (Wildman–Crippen LogP) is 6.58. The van der Waals surface area contributed by atoms with Gasteiger partial charge in [0.15, 0.2) is 11.5 Å². The van der Waals surface area contributed by atoms with E-state index in [0.29, 0.717) is 22.0 Å². The number of halogens is 6. The van der Waals surface area contributed by atoms with Crippen LogP contribution in [0.5, 0.6) is 0 Å². The molecule has 14 heteroatoms. The maximum absolute atomic E-state index is 14.5. The van der Waals surface area contributed by atoms with Crippen molar-refractivity contribution in [3.63, 3.8) is 0 Å². The second kappa shape index (κ2) is 12.0. The van der Waals surface area contributed by atoms with E-state index in [2.05, 4.69) is 10.1 Å². The first kappa shape index (κ1) is 32.1. The van der Waals surface area contributed by atoms with E-state index >= 15 is 0 Å². The van der Waals surface area contributed by atoms with Crippen LogP contribution in [0.15, 0.2) is 30.5 Å². The molecule has 2 aromatic heterocycles. The molecule has 3 aromatic rings. The molecule has 1 saturated carbocycles. The molecule has 1 aromatic carbocycles. The second-order valence-electron chi connectivity index (χ2n) is 11.1. The molecule has 0 spiro atoms. The number of aromatic nitrogens is 3. The van der Waals surface area contributed by atoms with Crippen LogP contribution in [0.4, 0.5) is 22.0 Å². The number of carbonyl (C=O) groups is 3. The highest BCUT2D eigenvalue weighted by molar-refractivity contribution is 6.33. The minimum absolute atomic E-state index is 0.0501. The van der Waals surface area contributed by atoms with Gasteiger partial charge in [-0.15, -0.1) is 0 Å². The summed E-state index contributed by atoms with van der Waals surface area (Å²) in [5.74, 6) is -5.01. The van der Waals surface area contributed by atoms with Gasteiger partial charge in [0, 0.05) is 18.3 Å². The minimum atomic E-state index is -5.06. The van der Waals surface area contributed by atoms with E-state index in [4.69, 9.17) is 11.6 Å². The molecule has 0 aliphatic heterocycles. The summed E-state index contributed by atoms with van der Waals surface area (Å²) in [7, 11) is 0. The molecule has 1 aliphatic carbocycles. The lowest BCUT2D eigenvalue weighted by atomic mass is 9.74. The van der Waals surface area contributed by atoms with Crippen LogP contribution in [0.25, 0.3) is 0 Å². The minimum Gasteiger partial charge on any atom is -0.481 e. The fourth-order valence-corrected chi connectivity index (χ4v) is 5.84. The molecular weight excluding hydrogens is 599 g/mol. The molecule has 2 heterocycles. The van der Waals surface area contributed by atoms with Crippen LogP contribution < -0.4 is 0 Å². The molecule has 43 heavy (non-hydrogen) atoms. The van der Waals surface area contributed by atoms with Crippen molar-refractivity contribution in [1.82, 2.24) is 19.7 Å². The summed E-state index contributed by atoms with van der Waals surface area (Å²) < 4.78 is 72.1. The number of nitrogens with zero attached hydrogens (tertiary/aromatic N) is 4. The normalized spacial score (nSPS) is 18.9. The second-order valence-corrected chi connectivity index (χ2v) is 11.4. The van der Waals surface area contributed by atoms with Crippen molar-refractivity contribution in [1.29, 1.82) is 0 Å². The third-order valence-corrected chi connectivity index (χ3v) is 7.99. The highest BCUT2D eigenvalue weighted by Crippen LogP contribution is 2.43. The van der Waals surface area contributed by atoms with Gasteiger partial charge >= 0.3 is 12.1 Å². The van der Waals surface area contributed by atoms with Gasteiger partial charge in [0.2, 0.25) is 0 Å². The first-order valence-electron chi connectivity index (χ1n) is 13.3. The maximum atomic E-state index is 14.5. The lowest BCUT2D eigenvalue weighted by molar-refractivity contribution is -0.152. The summed E-state index contributed by atoms with van der Waals surface area (Å²) in [6.45, 7) is 3.35. The number of ketones is 1. The van der Waals surface area contributed by atoms with Gasteiger partial charge in [-0.3, -0.25) is 19.1 Å². The Morgan fingerprint density at radius 2 is 1.70 bits per heavy atom. The zero-order chi connectivity index (χ0) is 31.9. The van der Waals surface area contributed by atoms with Gasteiger partial charge in [-0.25, -0.2) is 13.8 Å². The number of carbonyl (C=O) groups excluding carboxylic acids is 2. The lowest BCUT2D eigenvalue weighted by Crippen LogP contribution is -2.37. The van der Waals surface area contributed by atoms with Crippen molar-refractivity contribution in [2.24, 2.45) is 5.41 Å². The van der Waals surface area contributed by atoms with Crippen molar-refractivity contribution in [2.75, 3.05) is 6.54 Å². The first-order chi connectivity index (χ1) is 20.0. The number of alkyl halides is 3. The average Bonchev–Trinajstić information content (AvgIpc) is 3.33. The van der Waals surface area contributed by atoms with E-state index in [-0.39, 0.29) is 42.0 Å².